The van der Waals surface area contributed by atoms with Gasteiger partial charge in [0.2, 0.25) is 0 Å². The highest BCUT2D eigenvalue weighted by Gasteiger charge is 2.20. The van der Waals surface area contributed by atoms with Crippen LogP contribution in [-0.4, -0.2) is 68.2 Å². The van der Waals surface area contributed by atoms with Crippen molar-refractivity contribution < 1.29 is 9.53 Å². The molecular formula is C22H26ClN3O2. The van der Waals surface area contributed by atoms with E-state index in [0.717, 1.165) is 49.0 Å². The normalized spacial score (nSPS) is 18.3. The summed E-state index contributed by atoms with van der Waals surface area (Å²) in [5, 5.41) is 0.816. The maximum Gasteiger partial charge on any atom is 0.254 e. The van der Waals surface area contributed by atoms with Crippen molar-refractivity contribution in [3.63, 3.8) is 0 Å². The largest absolute Gasteiger partial charge is 0.378 e. The molecule has 2 saturated heterocycles. The van der Waals surface area contributed by atoms with Crippen molar-refractivity contribution in [1.29, 1.82) is 0 Å². The number of benzene rings is 2. The predicted octanol–water partition coefficient (Wildman–Crippen LogP) is 3.13. The van der Waals surface area contributed by atoms with Crippen molar-refractivity contribution in [2.24, 2.45) is 0 Å². The van der Waals surface area contributed by atoms with Crippen LogP contribution in [0, 0.1) is 0 Å². The van der Waals surface area contributed by atoms with E-state index in [0.29, 0.717) is 26.3 Å². The second-order valence-electron chi connectivity index (χ2n) is 7.32. The average Bonchev–Trinajstić information content (AvgIpc) is 2.75. The summed E-state index contributed by atoms with van der Waals surface area (Å²) in [6.07, 6.45) is 0. The van der Waals surface area contributed by atoms with Gasteiger partial charge in [-0.1, -0.05) is 35.9 Å². The van der Waals surface area contributed by atoms with Gasteiger partial charge in [-0.05, 0) is 29.8 Å². The van der Waals surface area contributed by atoms with Gasteiger partial charge >= 0.3 is 0 Å². The zero-order valence-electron chi connectivity index (χ0n) is 16.0. The maximum atomic E-state index is 12.5. The minimum Gasteiger partial charge on any atom is -0.378 e. The number of carbonyl (C=O) groups is 1. The fraction of sp³-hybridized carbons (Fsp3) is 0.409. The van der Waals surface area contributed by atoms with Gasteiger partial charge in [0.05, 0.1) is 23.9 Å². The molecule has 0 spiro atoms. The standard InChI is InChI=1S/C22H26ClN3O2/c23-20-3-1-2-4-21(20)25-11-9-24(10-12-25)17-18-5-7-19(8-6-18)22(27)26-13-15-28-16-14-26/h1-8H,9-17H2. The third-order valence-corrected chi connectivity index (χ3v) is 5.79. The van der Waals surface area contributed by atoms with Crippen LogP contribution in [0.5, 0.6) is 0 Å². The maximum absolute atomic E-state index is 12.5. The van der Waals surface area contributed by atoms with Gasteiger partial charge in [0, 0.05) is 51.4 Å². The molecule has 0 bridgehead atoms. The molecule has 1 amide bonds. The molecule has 0 radical (unpaired) electrons. The van der Waals surface area contributed by atoms with E-state index < -0.39 is 0 Å². The average molecular weight is 400 g/mol. The molecule has 148 valence electrons. The van der Waals surface area contributed by atoms with Gasteiger partial charge in [-0.25, -0.2) is 0 Å². The van der Waals surface area contributed by atoms with E-state index in [4.69, 9.17) is 16.3 Å². The van der Waals surface area contributed by atoms with Crippen molar-refractivity contribution in [1.82, 2.24) is 9.80 Å². The van der Waals surface area contributed by atoms with Gasteiger partial charge in [0.25, 0.3) is 5.91 Å². The minimum atomic E-state index is 0.100. The minimum absolute atomic E-state index is 0.100. The lowest BCUT2D eigenvalue weighted by Crippen LogP contribution is -2.46. The quantitative estimate of drug-likeness (QED) is 0.791. The van der Waals surface area contributed by atoms with Crippen LogP contribution < -0.4 is 4.90 Å². The molecule has 5 nitrogen and oxygen atoms in total. The molecule has 2 heterocycles. The Hall–Kier alpha value is -2.08. The van der Waals surface area contributed by atoms with Crippen molar-refractivity contribution in [2.75, 3.05) is 57.4 Å². The van der Waals surface area contributed by atoms with E-state index in [1.165, 1.54) is 5.56 Å². The zero-order valence-corrected chi connectivity index (χ0v) is 16.8. The first kappa shape index (κ1) is 19.2. The van der Waals surface area contributed by atoms with Crippen molar-refractivity contribution in [3.05, 3.63) is 64.7 Å². The lowest BCUT2D eigenvalue weighted by atomic mass is 10.1. The van der Waals surface area contributed by atoms with Crippen LogP contribution in [0.15, 0.2) is 48.5 Å². The fourth-order valence-corrected chi connectivity index (χ4v) is 4.07. The summed E-state index contributed by atoms with van der Waals surface area (Å²) in [4.78, 5) is 19.2. The summed E-state index contributed by atoms with van der Waals surface area (Å²) in [5.74, 6) is 0.100. The number of ether oxygens (including phenoxy) is 1. The Bertz CT molecular complexity index is 798. The number of carbonyl (C=O) groups excluding carboxylic acids is 1. The number of para-hydroxylation sites is 1. The van der Waals surface area contributed by atoms with Crippen LogP contribution in [0.1, 0.15) is 15.9 Å². The molecule has 2 aliphatic rings. The molecule has 0 saturated carbocycles. The zero-order chi connectivity index (χ0) is 19.3. The highest BCUT2D eigenvalue weighted by molar-refractivity contribution is 6.33. The fourth-order valence-electron chi connectivity index (χ4n) is 3.82. The third-order valence-electron chi connectivity index (χ3n) is 5.47. The van der Waals surface area contributed by atoms with E-state index >= 15 is 0 Å². The Morgan fingerprint density at radius 2 is 1.57 bits per heavy atom. The molecular weight excluding hydrogens is 374 g/mol. The van der Waals surface area contributed by atoms with E-state index in [9.17, 15) is 4.79 Å². The number of halogens is 1. The van der Waals surface area contributed by atoms with Gasteiger partial charge in [-0.2, -0.15) is 0 Å². The predicted molar refractivity (Wildman–Crippen MR) is 112 cm³/mol. The molecule has 2 aromatic carbocycles. The van der Waals surface area contributed by atoms with E-state index in [1.54, 1.807) is 0 Å². The highest BCUT2D eigenvalue weighted by Crippen LogP contribution is 2.26. The van der Waals surface area contributed by atoms with E-state index in [2.05, 4.69) is 28.0 Å². The molecule has 0 aromatic heterocycles. The molecule has 0 N–H and O–H groups in total. The van der Waals surface area contributed by atoms with Gasteiger partial charge < -0.3 is 14.5 Å². The van der Waals surface area contributed by atoms with Gasteiger partial charge in [0.15, 0.2) is 0 Å². The van der Waals surface area contributed by atoms with Gasteiger partial charge in [0.1, 0.15) is 0 Å². The molecule has 4 rings (SSSR count). The lowest BCUT2D eigenvalue weighted by Gasteiger charge is -2.36. The van der Waals surface area contributed by atoms with Crippen molar-refractivity contribution >= 4 is 23.2 Å². The van der Waals surface area contributed by atoms with Crippen LogP contribution >= 0.6 is 11.6 Å². The SMILES string of the molecule is O=C(c1ccc(CN2CCN(c3ccccc3Cl)CC2)cc1)N1CCOCC1. The first-order valence-electron chi connectivity index (χ1n) is 9.88. The molecule has 28 heavy (non-hydrogen) atoms. The first-order valence-corrected chi connectivity index (χ1v) is 10.3. The monoisotopic (exact) mass is 399 g/mol. The summed E-state index contributed by atoms with van der Waals surface area (Å²) in [6, 6.07) is 16.1. The smallest absolute Gasteiger partial charge is 0.254 e. The Morgan fingerprint density at radius 3 is 2.25 bits per heavy atom. The molecule has 2 aliphatic heterocycles. The van der Waals surface area contributed by atoms with E-state index in [1.807, 2.05) is 35.2 Å². The molecule has 0 atom stereocenters. The summed E-state index contributed by atoms with van der Waals surface area (Å²) >= 11 is 6.33. The summed E-state index contributed by atoms with van der Waals surface area (Å²) < 4.78 is 5.32. The number of piperazine rings is 1. The Kier molecular flexibility index (Phi) is 6.15. The van der Waals surface area contributed by atoms with E-state index in [-0.39, 0.29) is 5.91 Å². The molecule has 0 aliphatic carbocycles. The number of hydrogen-bond donors (Lipinski definition) is 0. The number of amides is 1. The van der Waals surface area contributed by atoms with Crippen molar-refractivity contribution in [3.8, 4) is 0 Å². The Balaban J connectivity index is 1.30. The summed E-state index contributed by atoms with van der Waals surface area (Å²) in [7, 11) is 0. The lowest BCUT2D eigenvalue weighted by molar-refractivity contribution is 0.0303. The van der Waals surface area contributed by atoms with Crippen LogP contribution in [-0.2, 0) is 11.3 Å². The number of anilines is 1. The number of nitrogens with zero attached hydrogens (tertiary/aromatic N) is 3. The number of hydrogen-bond acceptors (Lipinski definition) is 4. The molecule has 6 heteroatoms. The number of morpholine rings is 1. The highest BCUT2D eigenvalue weighted by atomic mass is 35.5. The molecule has 2 fully saturated rings. The van der Waals surface area contributed by atoms with Crippen LogP contribution in [0.3, 0.4) is 0 Å². The second-order valence-corrected chi connectivity index (χ2v) is 7.72. The number of rotatable bonds is 4. The van der Waals surface area contributed by atoms with Gasteiger partial charge in [-0.15, -0.1) is 0 Å². The van der Waals surface area contributed by atoms with Gasteiger partial charge in [-0.3, -0.25) is 9.69 Å². The third kappa shape index (κ3) is 4.49. The molecule has 2 aromatic rings. The Morgan fingerprint density at radius 1 is 0.893 bits per heavy atom. The van der Waals surface area contributed by atoms with Crippen molar-refractivity contribution in [2.45, 2.75) is 6.54 Å². The topological polar surface area (TPSA) is 36.0 Å². The first-order chi connectivity index (χ1) is 13.7. The summed E-state index contributed by atoms with van der Waals surface area (Å²) in [6.45, 7) is 7.46. The summed E-state index contributed by atoms with van der Waals surface area (Å²) in [5.41, 5.74) is 3.12. The Labute approximate surface area is 171 Å². The second kappa shape index (κ2) is 8.95. The molecule has 0 unspecified atom stereocenters. The van der Waals surface area contributed by atoms with Crippen LogP contribution in [0.2, 0.25) is 5.02 Å². The van der Waals surface area contributed by atoms with Crippen LogP contribution in [0.25, 0.3) is 0 Å². The van der Waals surface area contributed by atoms with Crippen LogP contribution in [0.4, 0.5) is 5.69 Å².